The second-order valence-electron chi connectivity index (χ2n) is 6.93. The van der Waals surface area contributed by atoms with Crippen LogP contribution >= 0.6 is 23.2 Å². The number of carbonyl (C=O) groups excluding carboxylic acids is 2. The van der Waals surface area contributed by atoms with Gasteiger partial charge in [-0.15, -0.1) is 0 Å². The number of aliphatic hydroxyl groups is 1. The van der Waals surface area contributed by atoms with Crippen molar-refractivity contribution in [3.8, 4) is 0 Å². The second-order valence-corrected chi connectivity index (χ2v) is 7.74. The molecule has 2 aromatic carbocycles. The Balaban J connectivity index is 1.88. The van der Waals surface area contributed by atoms with Crippen molar-refractivity contribution in [2.75, 3.05) is 0 Å². The van der Waals surface area contributed by atoms with Gasteiger partial charge in [0.05, 0.1) is 33.9 Å². The number of aromatic nitrogens is 1. The number of halogens is 3. The Hall–Kier alpha value is -3.22. The Labute approximate surface area is 187 Å². The van der Waals surface area contributed by atoms with Gasteiger partial charge in [-0.3, -0.25) is 14.6 Å². The van der Waals surface area contributed by atoms with E-state index in [9.17, 15) is 19.1 Å². The molecule has 0 spiro atoms. The van der Waals surface area contributed by atoms with E-state index >= 15 is 0 Å². The summed E-state index contributed by atoms with van der Waals surface area (Å²) in [7, 11) is 0. The summed E-state index contributed by atoms with van der Waals surface area (Å²) in [4.78, 5) is 31.4. The number of Topliss-reactive ketones (excluding diaryl/α,β-unsaturated/α-hetero) is 1. The fourth-order valence-corrected chi connectivity index (χ4v) is 3.81. The molecule has 1 N–H and O–H groups in total. The molecule has 0 radical (unpaired) electrons. The van der Waals surface area contributed by atoms with Gasteiger partial charge >= 0.3 is 0 Å². The molecule has 1 unspecified atom stereocenters. The van der Waals surface area contributed by atoms with Gasteiger partial charge in [-0.2, -0.15) is 0 Å². The zero-order valence-electron chi connectivity index (χ0n) is 15.9. The minimum atomic E-state index is -0.929. The number of likely N-dealkylation sites (tertiary alicyclic amines) is 1. The number of carbonyl (C=O) groups is 2. The van der Waals surface area contributed by atoms with Crippen molar-refractivity contribution in [2.45, 2.75) is 12.6 Å². The number of rotatable bonds is 4. The summed E-state index contributed by atoms with van der Waals surface area (Å²) in [5.41, 5.74) is 1.15. The zero-order chi connectivity index (χ0) is 22.1. The lowest BCUT2D eigenvalue weighted by molar-refractivity contribution is -0.140. The van der Waals surface area contributed by atoms with Crippen LogP contribution in [-0.4, -0.2) is 26.7 Å². The molecule has 1 fully saturated rings. The molecule has 8 heteroatoms. The summed E-state index contributed by atoms with van der Waals surface area (Å²) in [5, 5.41) is 11.5. The van der Waals surface area contributed by atoms with Crippen LogP contribution in [0.4, 0.5) is 4.39 Å². The molecule has 1 atom stereocenters. The van der Waals surface area contributed by atoms with E-state index in [4.69, 9.17) is 23.2 Å². The molecule has 1 aliphatic rings. The highest BCUT2D eigenvalue weighted by molar-refractivity contribution is 6.46. The molecule has 1 saturated heterocycles. The summed E-state index contributed by atoms with van der Waals surface area (Å²) in [6, 6.07) is 14.0. The summed E-state index contributed by atoms with van der Waals surface area (Å²) in [5.74, 6) is -2.54. The Morgan fingerprint density at radius 2 is 1.77 bits per heavy atom. The SMILES string of the molecule is O=C1C(=O)N(Cc2ccccn2)C(c2ccc(Cl)c(Cl)c2)/C1=C(/O)c1ccc(F)cc1. The van der Waals surface area contributed by atoms with Crippen molar-refractivity contribution in [1.82, 2.24) is 9.88 Å². The first-order chi connectivity index (χ1) is 14.9. The number of benzene rings is 2. The topological polar surface area (TPSA) is 70.5 Å². The molecule has 31 heavy (non-hydrogen) atoms. The van der Waals surface area contributed by atoms with E-state index in [1.165, 1.54) is 17.0 Å². The maximum Gasteiger partial charge on any atom is 0.296 e. The van der Waals surface area contributed by atoms with Crippen molar-refractivity contribution in [2.24, 2.45) is 0 Å². The third-order valence-electron chi connectivity index (χ3n) is 4.98. The molecular weight excluding hydrogens is 442 g/mol. The lowest BCUT2D eigenvalue weighted by Gasteiger charge is -2.25. The number of ketones is 1. The van der Waals surface area contributed by atoms with Crippen LogP contribution in [0.25, 0.3) is 5.76 Å². The highest BCUT2D eigenvalue weighted by Gasteiger charge is 2.46. The van der Waals surface area contributed by atoms with Crippen molar-refractivity contribution < 1.29 is 19.1 Å². The van der Waals surface area contributed by atoms with Crippen molar-refractivity contribution >= 4 is 40.7 Å². The Bertz CT molecular complexity index is 1200. The minimum absolute atomic E-state index is 0.0382. The first-order valence-electron chi connectivity index (χ1n) is 9.26. The monoisotopic (exact) mass is 456 g/mol. The summed E-state index contributed by atoms with van der Waals surface area (Å²) in [6.45, 7) is 0.0382. The maximum absolute atomic E-state index is 13.3. The second kappa shape index (κ2) is 8.49. The molecular formula is C23H15Cl2FN2O3. The van der Waals surface area contributed by atoms with Crippen LogP contribution < -0.4 is 0 Å². The van der Waals surface area contributed by atoms with E-state index in [0.29, 0.717) is 16.3 Å². The average Bonchev–Trinajstić information content (AvgIpc) is 3.01. The van der Waals surface area contributed by atoms with Crippen LogP contribution in [0, 0.1) is 5.82 Å². The van der Waals surface area contributed by atoms with E-state index in [1.54, 1.807) is 42.6 Å². The first kappa shape index (κ1) is 21.0. The third-order valence-corrected chi connectivity index (χ3v) is 5.71. The van der Waals surface area contributed by atoms with Crippen LogP contribution in [0.15, 0.2) is 72.4 Å². The minimum Gasteiger partial charge on any atom is -0.507 e. The smallest absolute Gasteiger partial charge is 0.296 e. The molecule has 1 amide bonds. The Morgan fingerprint density at radius 3 is 2.42 bits per heavy atom. The molecule has 5 nitrogen and oxygen atoms in total. The van der Waals surface area contributed by atoms with E-state index < -0.39 is 29.3 Å². The predicted molar refractivity (Wildman–Crippen MR) is 115 cm³/mol. The highest BCUT2D eigenvalue weighted by Crippen LogP contribution is 2.41. The van der Waals surface area contributed by atoms with E-state index in [2.05, 4.69) is 4.98 Å². The van der Waals surface area contributed by atoms with Gasteiger partial charge in [-0.05, 0) is 54.1 Å². The lowest BCUT2D eigenvalue weighted by Crippen LogP contribution is -2.29. The molecule has 156 valence electrons. The average molecular weight is 457 g/mol. The van der Waals surface area contributed by atoms with Gasteiger partial charge in [0.1, 0.15) is 11.6 Å². The van der Waals surface area contributed by atoms with Gasteiger partial charge in [-0.1, -0.05) is 35.3 Å². The van der Waals surface area contributed by atoms with E-state index in [0.717, 1.165) is 12.1 Å². The zero-order valence-corrected chi connectivity index (χ0v) is 17.4. The van der Waals surface area contributed by atoms with Crippen molar-refractivity contribution in [3.05, 3.63) is 105 Å². The van der Waals surface area contributed by atoms with Gasteiger partial charge in [0.15, 0.2) is 0 Å². The fraction of sp³-hybridized carbons (Fsp3) is 0.0870. The fourth-order valence-electron chi connectivity index (χ4n) is 3.50. The molecule has 0 aliphatic carbocycles. The van der Waals surface area contributed by atoms with Crippen LogP contribution in [0.2, 0.25) is 10.0 Å². The van der Waals surface area contributed by atoms with Gasteiger partial charge < -0.3 is 10.0 Å². The summed E-state index contributed by atoms with van der Waals surface area (Å²) < 4.78 is 13.3. The lowest BCUT2D eigenvalue weighted by atomic mass is 9.95. The molecule has 1 aromatic heterocycles. The van der Waals surface area contributed by atoms with Crippen LogP contribution in [0.3, 0.4) is 0 Å². The highest BCUT2D eigenvalue weighted by atomic mass is 35.5. The Kier molecular flexibility index (Phi) is 5.76. The number of hydrogen-bond acceptors (Lipinski definition) is 4. The van der Waals surface area contributed by atoms with Crippen LogP contribution in [0.5, 0.6) is 0 Å². The van der Waals surface area contributed by atoms with Crippen molar-refractivity contribution in [3.63, 3.8) is 0 Å². The predicted octanol–water partition coefficient (Wildman–Crippen LogP) is 5.15. The number of nitrogens with zero attached hydrogens (tertiary/aromatic N) is 2. The van der Waals surface area contributed by atoms with Gasteiger partial charge in [0, 0.05) is 11.8 Å². The summed E-state index contributed by atoms with van der Waals surface area (Å²) >= 11 is 12.2. The number of hydrogen-bond donors (Lipinski definition) is 1. The van der Waals surface area contributed by atoms with Crippen LogP contribution in [-0.2, 0) is 16.1 Å². The standard InChI is InChI=1S/C23H15Cl2FN2O3/c24-17-9-6-14(11-18(17)25)20-19(21(29)13-4-7-15(26)8-5-13)22(30)23(31)28(20)12-16-3-1-2-10-27-16/h1-11,20,29H,12H2/b21-19-. The molecule has 1 aliphatic heterocycles. The van der Waals surface area contributed by atoms with Gasteiger partial charge in [0.2, 0.25) is 0 Å². The first-order valence-corrected chi connectivity index (χ1v) is 10.0. The van der Waals surface area contributed by atoms with E-state index in [1.807, 2.05) is 0 Å². The molecule has 3 aromatic rings. The third kappa shape index (κ3) is 4.04. The van der Waals surface area contributed by atoms with E-state index in [-0.39, 0.29) is 22.7 Å². The maximum atomic E-state index is 13.3. The van der Waals surface area contributed by atoms with Crippen molar-refractivity contribution in [1.29, 1.82) is 0 Å². The molecule has 0 bridgehead atoms. The number of amides is 1. The largest absolute Gasteiger partial charge is 0.507 e. The molecule has 2 heterocycles. The molecule has 0 saturated carbocycles. The molecule has 4 rings (SSSR count). The van der Waals surface area contributed by atoms with Gasteiger partial charge in [-0.25, -0.2) is 4.39 Å². The normalized spacial score (nSPS) is 17.9. The quantitative estimate of drug-likeness (QED) is 0.334. The summed E-state index contributed by atoms with van der Waals surface area (Å²) in [6.07, 6.45) is 1.58. The van der Waals surface area contributed by atoms with Crippen LogP contribution in [0.1, 0.15) is 22.9 Å². The Morgan fingerprint density at radius 1 is 1.03 bits per heavy atom. The number of pyridine rings is 1. The number of aliphatic hydroxyl groups excluding tert-OH is 1. The van der Waals surface area contributed by atoms with Gasteiger partial charge in [0.25, 0.3) is 11.7 Å².